The maximum absolute atomic E-state index is 5.41. The molecule has 2 rings (SSSR count). The Bertz CT molecular complexity index is 486. The van der Waals surface area contributed by atoms with Gasteiger partial charge in [-0.3, -0.25) is 0 Å². The van der Waals surface area contributed by atoms with Crippen LogP contribution in [0.4, 0.5) is 0 Å². The van der Waals surface area contributed by atoms with Gasteiger partial charge in [-0.25, -0.2) is 4.98 Å². The first-order valence-electron chi connectivity index (χ1n) is 6.09. The highest BCUT2D eigenvalue weighted by atomic mass is 16.3. The average molecular weight is 229 g/mol. The van der Waals surface area contributed by atoms with Crippen molar-refractivity contribution in [1.82, 2.24) is 4.98 Å². The SMILES string of the molecule is Cc1cccc(C(C)c2cnco2)c1C(C)C. The van der Waals surface area contributed by atoms with Crippen molar-refractivity contribution < 1.29 is 4.42 Å². The van der Waals surface area contributed by atoms with Crippen molar-refractivity contribution in [2.24, 2.45) is 0 Å². The summed E-state index contributed by atoms with van der Waals surface area (Å²) in [7, 11) is 0. The molecule has 0 aliphatic rings. The van der Waals surface area contributed by atoms with Gasteiger partial charge in [0.25, 0.3) is 0 Å². The van der Waals surface area contributed by atoms with E-state index in [4.69, 9.17) is 4.42 Å². The lowest BCUT2D eigenvalue weighted by atomic mass is 9.86. The third-order valence-corrected chi connectivity index (χ3v) is 3.28. The molecule has 0 spiro atoms. The summed E-state index contributed by atoms with van der Waals surface area (Å²) in [6, 6.07) is 6.48. The van der Waals surface area contributed by atoms with Crippen LogP contribution in [0.15, 0.2) is 35.2 Å². The molecule has 2 heteroatoms. The predicted octanol–water partition coefficient (Wildman–Crippen LogP) is 4.26. The molecule has 0 radical (unpaired) electrons. The molecule has 0 N–H and O–H groups in total. The Morgan fingerprint density at radius 1 is 1.18 bits per heavy atom. The van der Waals surface area contributed by atoms with Crippen LogP contribution in [0.1, 0.15) is 55.1 Å². The fourth-order valence-corrected chi connectivity index (χ4v) is 2.46. The first-order valence-corrected chi connectivity index (χ1v) is 6.09. The Labute approximate surface area is 103 Å². The molecule has 0 saturated carbocycles. The standard InChI is InChI=1S/C15H19NO/c1-10(2)15-11(3)6-5-7-13(15)12(4)14-8-16-9-17-14/h5-10,12H,1-4H3. The zero-order chi connectivity index (χ0) is 12.4. The van der Waals surface area contributed by atoms with Crippen molar-refractivity contribution in [2.45, 2.75) is 39.5 Å². The molecule has 1 heterocycles. The lowest BCUT2D eigenvalue weighted by Crippen LogP contribution is -2.04. The normalized spacial score (nSPS) is 13.0. The minimum atomic E-state index is 0.259. The van der Waals surface area contributed by atoms with Gasteiger partial charge in [-0.2, -0.15) is 0 Å². The van der Waals surface area contributed by atoms with Gasteiger partial charge in [0.05, 0.1) is 6.20 Å². The molecule has 90 valence electrons. The third kappa shape index (κ3) is 2.26. The summed E-state index contributed by atoms with van der Waals surface area (Å²) in [5.74, 6) is 1.71. The monoisotopic (exact) mass is 229 g/mol. The topological polar surface area (TPSA) is 26.0 Å². The number of aryl methyl sites for hydroxylation is 1. The van der Waals surface area contributed by atoms with E-state index in [1.54, 1.807) is 6.20 Å². The number of hydrogen-bond acceptors (Lipinski definition) is 2. The summed E-state index contributed by atoms with van der Waals surface area (Å²) in [5.41, 5.74) is 4.12. The molecule has 0 aliphatic heterocycles. The van der Waals surface area contributed by atoms with E-state index < -0.39 is 0 Å². The number of hydrogen-bond donors (Lipinski definition) is 0. The molecule has 2 nitrogen and oxygen atoms in total. The van der Waals surface area contributed by atoms with E-state index >= 15 is 0 Å². The molecule has 0 amide bonds. The van der Waals surface area contributed by atoms with Gasteiger partial charge in [0.15, 0.2) is 6.39 Å². The molecule has 1 aromatic carbocycles. The van der Waals surface area contributed by atoms with Crippen molar-refractivity contribution in [3.8, 4) is 0 Å². The van der Waals surface area contributed by atoms with Crippen LogP contribution in [-0.4, -0.2) is 4.98 Å². The highest BCUT2D eigenvalue weighted by Gasteiger charge is 2.18. The summed E-state index contributed by atoms with van der Waals surface area (Å²) in [6.07, 6.45) is 3.30. The number of oxazole rings is 1. The minimum absolute atomic E-state index is 0.259. The first-order chi connectivity index (χ1) is 8.11. The van der Waals surface area contributed by atoms with E-state index in [0.29, 0.717) is 5.92 Å². The van der Waals surface area contributed by atoms with Crippen molar-refractivity contribution >= 4 is 0 Å². The summed E-state index contributed by atoms with van der Waals surface area (Å²) < 4.78 is 5.41. The van der Waals surface area contributed by atoms with Crippen LogP contribution in [0.25, 0.3) is 0 Å². The molecular weight excluding hydrogens is 210 g/mol. The predicted molar refractivity (Wildman–Crippen MR) is 69.3 cm³/mol. The Morgan fingerprint density at radius 3 is 2.53 bits per heavy atom. The van der Waals surface area contributed by atoms with Gasteiger partial charge in [-0.15, -0.1) is 0 Å². The smallest absolute Gasteiger partial charge is 0.180 e. The molecule has 0 fully saturated rings. The molecule has 1 atom stereocenters. The number of rotatable bonds is 3. The molecule has 0 saturated heterocycles. The zero-order valence-corrected chi connectivity index (χ0v) is 10.9. The van der Waals surface area contributed by atoms with Crippen molar-refractivity contribution in [2.75, 3.05) is 0 Å². The number of nitrogens with zero attached hydrogens (tertiary/aromatic N) is 1. The van der Waals surface area contributed by atoms with Crippen LogP contribution in [0.5, 0.6) is 0 Å². The highest BCUT2D eigenvalue weighted by Crippen LogP contribution is 2.32. The third-order valence-electron chi connectivity index (χ3n) is 3.28. The average Bonchev–Trinajstić information content (AvgIpc) is 2.80. The summed E-state index contributed by atoms with van der Waals surface area (Å²) >= 11 is 0. The lowest BCUT2D eigenvalue weighted by molar-refractivity contribution is 0.489. The maximum Gasteiger partial charge on any atom is 0.180 e. The Balaban J connectivity index is 2.48. The fourth-order valence-electron chi connectivity index (χ4n) is 2.46. The van der Waals surface area contributed by atoms with Crippen LogP contribution in [0.2, 0.25) is 0 Å². The highest BCUT2D eigenvalue weighted by molar-refractivity contribution is 5.41. The molecule has 1 aromatic heterocycles. The Morgan fingerprint density at radius 2 is 1.94 bits per heavy atom. The Kier molecular flexibility index (Phi) is 3.32. The second-order valence-corrected chi connectivity index (χ2v) is 4.86. The van der Waals surface area contributed by atoms with Gasteiger partial charge in [0.2, 0.25) is 0 Å². The van der Waals surface area contributed by atoms with Gasteiger partial charge in [0.1, 0.15) is 5.76 Å². The van der Waals surface area contributed by atoms with E-state index in [9.17, 15) is 0 Å². The minimum Gasteiger partial charge on any atom is -0.448 e. The van der Waals surface area contributed by atoms with Gasteiger partial charge in [-0.1, -0.05) is 39.0 Å². The van der Waals surface area contributed by atoms with Crippen LogP contribution >= 0.6 is 0 Å². The summed E-state index contributed by atoms with van der Waals surface area (Å²) in [6.45, 7) is 8.81. The second kappa shape index (κ2) is 4.74. The summed E-state index contributed by atoms with van der Waals surface area (Å²) in [4.78, 5) is 4.00. The van der Waals surface area contributed by atoms with E-state index in [0.717, 1.165) is 5.76 Å². The molecule has 1 unspecified atom stereocenters. The molecule has 0 aliphatic carbocycles. The molecular formula is C15H19NO. The maximum atomic E-state index is 5.41. The van der Waals surface area contributed by atoms with E-state index in [-0.39, 0.29) is 5.92 Å². The zero-order valence-electron chi connectivity index (χ0n) is 10.9. The van der Waals surface area contributed by atoms with Crippen molar-refractivity contribution in [3.05, 3.63) is 53.2 Å². The molecule has 17 heavy (non-hydrogen) atoms. The largest absolute Gasteiger partial charge is 0.448 e. The van der Waals surface area contributed by atoms with Gasteiger partial charge in [-0.05, 0) is 29.5 Å². The summed E-state index contributed by atoms with van der Waals surface area (Å²) in [5, 5.41) is 0. The van der Waals surface area contributed by atoms with Crippen LogP contribution in [0, 0.1) is 6.92 Å². The van der Waals surface area contributed by atoms with Crippen LogP contribution in [0.3, 0.4) is 0 Å². The second-order valence-electron chi connectivity index (χ2n) is 4.86. The van der Waals surface area contributed by atoms with Crippen LogP contribution in [-0.2, 0) is 0 Å². The lowest BCUT2D eigenvalue weighted by Gasteiger charge is -2.19. The number of benzene rings is 1. The van der Waals surface area contributed by atoms with E-state index in [2.05, 4.69) is 50.9 Å². The van der Waals surface area contributed by atoms with Crippen molar-refractivity contribution in [1.29, 1.82) is 0 Å². The van der Waals surface area contributed by atoms with E-state index in [1.165, 1.54) is 23.1 Å². The van der Waals surface area contributed by atoms with Gasteiger partial charge >= 0.3 is 0 Å². The van der Waals surface area contributed by atoms with Crippen molar-refractivity contribution in [3.63, 3.8) is 0 Å². The number of aromatic nitrogens is 1. The molecule has 2 aromatic rings. The fraction of sp³-hybridized carbons (Fsp3) is 0.400. The quantitative estimate of drug-likeness (QED) is 0.786. The first kappa shape index (κ1) is 11.9. The van der Waals surface area contributed by atoms with E-state index in [1.807, 2.05) is 0 Å². The Hall–Kier alpha value is -1.57. The molecule has 0 bridgehead atoms. The van der Waals surface area contributed by atoms with Gasteiger partial charge in [0, 0.05) is 5.92 Å². The van der Waals surface area contributed by atoms with Gasteiger partial charge < -0.3 is 4.42 Å². The van der Waals surface area contributed by atoms with Crippen LogP contribution < -0.4 is 0 Å².